The van der Waals surface area contributed by atoms with Crippen LogP contribution in [0.5, 0.6) is 11.5 Å². The molecule has 2 heterocycles. The average molecular weight is 399 g/mol. The number of nitrogens with zero attached hydrogens (tertiary/aromatic N) is 2. The molecule has 0 saturated carbocycles. The molecule has 27 heavy (non-hydrogen) atoms. The van der Waals surface area contributed by atoms with E-state index in [1.807, 2.05) is 31.2 Å². The van der Waals surface area contributed by atoms with Gasteiger partial charge >= 0.3 is 0 Å². The lowest BCUT2D eigenvalue weighted by atomic mass is 10.1. The third kappa shape index (κ3) is 3.45. The second-order valence-electron chi connectivity index (χ2n) is 5.92. The van der Waals surface area contributed by atoms with Crippen molar-refractivity contribution in [1.29, 1.82) is 0 Å². The van der Waals surface area contributed by atoms with E-state index >= 15 is 0 Å². The number of anilines is 1. The van der Waals surface area contributed by atoms with Gasteiger partial charge in [-0.05, 0) is 25.1 Å². The van der Waals surface area contributed by atoms with Gasteiger partial charge in [0.25, 0.3) is 0 Å². The van der Waals surface area contributed by atoms with Crippen LogP contribution in [0, 0.1) is 6.92 Å². The standard InChI is InChI=1S/C19H17N3O3S2/c1-10-20-13-6-7-14-18(17(13)26-10)27-19(21-14)22-16(23)8-11-4-5-12(24-2)9-15(11)25-3/h4-7,9H,8H2,1-3H3,(H,21,22,23). The Balaban J connectivity index is 1.57. The molecule has 0 aliphatic rings. The van der Waals surface area contributed by atoms with Crippen LogP contribution in [0.3, 0.4) is 0 Å². The van der Waals surface area contributed by atoms with Crippen molar-refractivity contribution in [1.82, 2.24) is 9.97 Å². The molecule has 0 fully saturated rings. The number of hydrogen-bond acceptors (Lipinski definition) is 7. The van der Waals surface area contributed by atoms with Gasteiger partial charge in [-0.2, -0.15) is 0 Å². The Bertz CT molecular complexity index is 1150. The molecule has 1 amide bonds. The number of carbonyl (C=O) groups is 1. The van der Waals surface area contributed by atoms with E-state index in [4.69, 9.17) is 9.47 Å². The summed E-state index contributed by atoms with van der Waals surface area (Å²) in [5.41, 5.74) is 2.63. The minimum Gasteiger partial charge on any atom is -0.497 e. The molecule has 2 aromatic heterocycles. The summed E-state index contributed by atoms with van der Waals surface area (Å²) < 4.78 is 12.7. The molecule has 0 aliphatic heterocycles. The summed E-state index contributed by atoms with van der Waals surface area (Å²) in [5, 5.41) is 4.50. The average Bonchev–Trinajstić information content (AvgIpc) is 3.23. The van der Waals surface area contributed by atoms with E-state index in [0.717, 1.165) is 31.0 Å². The molecular weight excluding hydrogens is 382 g/mol. The molecule has 0 aliphatic carbocycles. The van der Waals surface area contributed by atoms with Gasteiger partial charge < -0.3 is 14.8 Å². The number of ether oxygens (including phenoxy) is 2. The number of aromatic nitrogens is 2. The fraction of sp³-hybridized carbons (Fsp3) is 0.211. The van der Waals surface area contributed by atoms with E-state index in [1.165, 1.54) is 11.3 Å². The van der Waals surface area contributed by atoms with Crippen LogP contribution >= 0.6 is 22.7 Å². The van der Waals surface area contributed by atoms with Crippen LogP contribution in [0.15, 0.2) is 30.3 Å². The van der Waals surface area contributed by atoms with Gasteiger partial charge in [0.1, 0.15) is 11.5 Å². The smallest absolute Gasteiger partial charge is 0.230 e. The van der Waals surface area contributed by atoms with E-state index in [-0.39, 0.29) is 12.3 Å². The Hall–Kier alpha value is -2.71. The zero-order valence-electron chi connectivity index (χ0n) is 15.0. The molecule has 6 nitrogen and oxygen atoms in total. The molecule has 8 heteroatoms. The molecule has 4 rings (SSSR count). The second-order valence-corrected chi connectivity index (χ2v) is 8.12. The van der Waals surface area contributed by atoms with Crippen molar-refractivity contribution < 1.29 is 14.3 Å². The van der Waals surface area contributed by atoms with Gasteiger partial charge in [-0.25, -0.2) is 9.97 Å². The topological polar surface area (TPSA) is 73.3 Å². The second kappa shape index (κ2) is 7.13. The normalized spacial score (nSPS) is 11.1. The highest BCUT2D eigenvalue weighted by atomic mass is 32.1. The number of methoxy groups -OCH3 is 2. The summed E-state index contributed by atoms with van der Waals surface area (Å²) in [7, 11) is 3.17. The maximum absolute atomic E-state index is 12.5. The summed E-state index contributed by atoms with van der Waals surface area (Å²) in [4.78, 5) is 21.6. The van der Waals surface area contributed by atoms with Crippen molar-refractivity contribution in [3.05, 3.63) is 40.9 Å². The third-order valence-corrected chi connectivity index (χ3v) is 6.25. The van der Waals surface area contributed by atoms with Gasteiger partial charge in [-0.15, -0.1) is 11.3 Å². The molecule has 2 aromatic carbocycles. The van der Waals surface area contributed by atoms with Crippen molar-refractivity contribution in [2.45, 2.75) is 13.3 Å². The van der Waals surface area contributed by atoms with Crippen LogP contribution < -0.4 is 14.8 Å². The van der Waals surface area contributed by atoms with Crippen molar-refractivity contribution in [2.24, 2.45) is 0 Å². The van der Waals surface area contributed by atoms with Gasteiger partial charge in [0.15, 0.2) is 5.13 Å². The number of thiazole rings is 2. The van der Waals surface area contributed by atoms with E-state index in [0.29, 0.717) is 16.6 Å². The highest BCUT2D eigenvalue weighted by Crippen LogP contribution is 2.36. The summed E-state index contributed by atoms with van der Waals surface area (Å²) in [6.45, 7) is 1.99. The van der Waals surface area contributed by atoms with E-state index < -0.39 is 0 Å². The molecule has 0 radical (unpaired) electrons. The number of benzene rings is 2. The molecular formula is C19H17N3O3S2. The first-order valence-electron chi connectivity index (χ1n) is 8.25. The quantitative estimate of drug-likeness (QED) is 0.538. The minimum atomic E-state index is -0.144. The molecule has 1 N–H and O–H groups in total. The molecule has 4 aromatic rings. The molecule has 0 spiro atoms. The number of rotatable bonds is 5. The van der Waals surface area contributed by atoms with Gasteiger partial charge in [0.2, 0.25) is 5.91 Å². The molecule has 138 valence electrons. The van der Waals surface area contributed by atoms with Crippen LogP contribution in [-0.2, 0) is 11.2 Å². The third-order valence-electron chi connectivity index (χ3n) is 4.11. The van der Waals surface area contributed by atoms with Gasteiger partial charge in [-0.3, -0.25) is 4.79 Å². The lowest BCUT2D eigenvalue weighted by Crippen LogP contribution is -2.14. The maximum Gasteiger partial charge on any atom is 0.230 e. The first-order valence-corrected chi connectivity index (χ1v) is 9.88. The summed E-state index contributed by atoms with van der Waals surface area (Å²) in [5.74, 6) is 1.16. The highest BCUT2D eigenvalue weighted by Gasteiger charge is 2.14. The minimum absolute atomic E-state index is 0.144. The van der Waals surface area contributed by atoms with Crippen molar-refractivity contribution in [3.63, 3.8) is 0 Å². The molecule has 0 atom stereocenters. The lowest BCUT2D eigenvalue weighted by molar-refractivity contribution is -0.115. The van der Waals surface area contributed by atoms with Crippen molar-refractivity contribution >= 4 is 54.1 Å². The van der Waals surface area contributed by atoms with Gasteiger partial charge in [0, 0.05) is 11.6 Å². The lowest BCUT2D eigenvalue weighted by Gasteiger charge is -2.10. The molecule has 0 bridgehead atoms. The van der Waals surface area contributed by atoms with Crippen LogP contribution in [0.2, 0.25) is 0 Å². The monoisotopic (exact) mass is 399 g/mol. The van der Waals surface area contributed by atoms with E-state index in [1.54, 1.807) is 31.6 Å². The van der Waals surface area contributed by atoms with Crippen molar-refractivity contribution in [3.8, 4) is 11.5 Å². The predicted molar refractivity (Wildman–Crippen MR) is 109 cm³/mol. The van der Waals surface area contributed by atoms with Crippen LogP contribution in [-0.4, -0.2) is 30.1 Å². The summed E-state index contributed by atoms with van der Waals surface area (Å²) in [6.07, 6.45) is 0.193. The number of carbonyl (C=O) groups excluding carboxylic acids is 1. The summed E-state index contributed by atoms with van der Waals surface area (Å²) in [6, 6.07) is 9.32. The van der Waals surface area contributed by atoms with Crippen LogP contribution in [0.1, 0.15) is 10.6 Å². The zero-order chi connectivity index (χ0) is 19.0. The highest BCUT2D eigenvalue weighted by molar-refractivity contribution is 7.28. The Morgan fingerprint density at radius 2 is 1.78 bits per heavy atom. The largest absolute Gasteiger partial charge is 0.497 e. The number of fused-ring (bicyclic) bond motifs is 3. The Kier molecular flexibility index (Phi) is 4.67. The van der Waals surface area contributed by atoms with Crippen LogP contribution in [0.4, 0.5) is 5.13 Å². The maximum atomic E-state index is 12.5. The SMILES string of the molecule is COc1ccc(CC(=O)Nc2nc3ccc4nc(C)sc4c3s2)c(OC)c1. The Morgan fingerprint density at radius 1 is 1.04 bits per heavy atom. The first-order chi connectivity index (χ1) is 13.1. The van der Waals surface area contributed by atoms with Crippen molar-refractivity contribution in [2.75, 3.05) is 19.5 Å². The molecule has 0 saturated heterocycles. The fourth-order valence-electron chi connectivity index (χ4n) is 2.87. The number of aryl methyl sites for hydroxylation is 1. The number of hydrogen-bond donors (Lipinski definition) is 1. The Labute approximate surface area is 163 Å². The first kappa shape index (κ1) is 17.7. The van der Waals surface area contributed by atoms with Gasteiger partial charge in [-0.1, -0.05) is 17.4 Å². The number of amides is 1. The number of nitrogens with one attached hydrogen (secondary N) is 1. The predicted octanol–water partition coefficient (Wildman–Crippen LogP) is 4.41. The van der Waals surface area contributed by atoms with E-state index in [9.17, 15) is 4.79 Å². The van der Waals surface area contributed by atoms with Crippen LogP contribution in [0.25, 0.3) is 20.4 Å². The molecule has 0 unspecified atom stereocenters. The van der Waals surface area contributed by atoms with E-state index in [2.05, 4.69) is 15.3 Å². The fourth-order valence-corrected chi connectivity index (χ4v) is 4.89. The summed E-state index contributed by atoms with van der Waals surface area (Å²) >= 11 is 3.11. The Morgan fingerprint density at radius 3 is 2.52 bits per heavy atom. The zero-order valence-corrected chi connectivity index (χ0v) is 16.7. The van der Waals surface area contributed by atoms with Gasteiger partial charge in [0.05, 0.1) is 46.1 Å².